The van der Waals surface area contributed by atoms with Gasteiger partial charge in [0, 0.05) is 28.4 Å². The molecular weight excluding hydrogens is 476 g/mol. The number of rotatable bonds is 8. The third kappa shape index (κ3) is 6.02. The minimum absolute atomic E-state index is 0.00957. The van der Waals surface area contributed by atoms with Crippen LogP contribution >= 0.6 is 0 Å². The van der Waals surface area contributed by atoms with E-state index in [9.17, 15) is 4.79 Å². The van der Waals surface area contributed by atoms with Gasteiger partial charge in [-0.05, 0) is 47.7 Å². The van der Waals surface area contributed by atoms with Crippen LogP contribution in [-0.2, 0) is 11.8 Å². The summed E-state index contributed by atoms with van der Waals surface area (Å²) >= 11 is 0. The Balaban J connectivity index is 1.49. The Kier molecular flexibility index (Phi) is 8.10. The number of anilines is 2. The maximum Gasteiger partial charge on any atom is 0.323 e. The number of hydrogen-bond donors (Lipinski definition) is 2. The lowest BCUT2D eigenvalue weighted by Gasteiger charge is -2.21. The van der Waals surface area contributed by atoms with Gasteiger partial charge < -0.3 is 24.8 Å². The van der Waals surface area contributed by atoms with Crippen LogP contribution in [0.3, 0.4) is 0 Å². The van der Waals surface area contributed by atoms with Crippen LogP contribution < -0.4 is 24.8 Å². The maximum atomic E-state index is 13.0. The monoisotopic (exact) mass is 512 g/mol. The molecule has 0 aromatic heterocycles. The Morgan fingerprint density at radius 3 is 2.24 bits per heavy atom. The third-order valence-corrected chi connectivity index (χ3v) is 6.60. The van der Waals surface area contributed by atoms with E-state index in [2.05, 4.69) is 37.5 Å². The minimum Gasteiger partial charge on any atom is -0.493 e. The molecule has 0 bridgehead atoms. The molecule has 0 heterocycles. The second-order valence-electron chi connectivity index (χ2n) is 10.3. The molecule has 198 valence electrons. The van der Waals surface area contributed by atoms with Gasteiger partial charge in [0.25, 0.3) is 0 Å². The predicted molar refractivity (Wildman–Crippen MR) is 155 cm³/mol. The van der Waals surface area contributed by atoms with Crippen LogP contribution in [-0.4, -0.2) is 26.9 Å². The highest BCUT2D eigenvalue weighted by Gasteiger charge is 2.16. The fourth-order valence-electron chi connectivity index (χ4n) is 4.43. The molecule has 0 saturated carbocycles. The van der Waals surface area contributed by atoms with E-state index in [1.807, 2.05) is 73.7 Å². The number of para-hydroxylation sites is 1. The summed E-state index contributed by atoms with van der Waals surface area (Å²) in [6.45, 7) is 8.92. The van der Waals surface area contributed by atoms with Gasteiger partial charge in [0.1, 0.15) is 5.75 Å². The highest BCUT2D eigenvalue weighted by molar-refractivity contribution is 6.07. The summed E-state index contributed by atoms with van der Waals surface area (Å²) < 4.78 is 17.1. The summed E-state index contributed by atoms with van der Waals surface area (Å²) in [4.78, 5) is 13.0. The van der Waals surface area contributed by atoms with Gasteiger partial charge in [-0.15, -0.1) is 0 Å². The first-order chi connectivity index (χ1) is 18.2. The number of methoxy groups -OCH3 is 2. The van der Waals surface area contributed by atoms with Gasteiger partial charge in [-0.1, -0.05) is 69.3 Å². The zero-order valence-corrected chi connectivity index (χ0v) is 23.0. The molecule has 0 aliphatic rings. The minimum atomic E-state index is -0.289. The largest absolute Gasteiger partial charge is 0.493 e. The number of amides is 2. The quantitative estimate of drug-likeness (QED) is 0.253. The molecule has 4 rings (SSSR count). The Bertz CT molecular complexity index is 1440. The highest BCUT2D eigenvalue weighted by Crippen LogP contribution is 2.34. The van der Waals surface area contributed by atoms with Crippen molar-refractivity contribution >= 4 is 28.2 Å². The van der Waals surface area contributed by atoms with E-state index in [1.165, 1.54) is 0 Å². The first-order valence-electron chi connectivity index (χ1n) is 12.7. The van der Waals surface area contributed by atoms with E-state index in [0.717, 1.165) is 44.6 Å². The van der Waals surface area contributed by atoms with Crippen LogP contribution in [0.2, 0.25) is 0 Å². The summed E-state index contributed by atoms with van der Waals surface area (Å²) in [6, 6.07) is 23.4. The van der Waals surface area contributed by atoms with E-state index in [4.69, 9.17) is 14.2 Å². The Morgan fingerprint density at radius 2 is 1.53 bits per heavy atom. The van der Waals surface area contributed by atoms with Crippen molar-refractivity contribution < 1.29 is 19.0 Å². The maximum absolute atomic E-state index is 13.0. The number of aryl methyl sites for hydroxylation is 1. The number of urea groups is 1. The number of carbonyl (C=O) groups is 1. The van der Waals surface area contributed by atoms with Crippen molar-refractivity contribution in [1.82, 2.24) is 0 Å². The van der Waals surface area contributed by atoms with Crippen molar-refractivity contribution in [3.05, 3.63) is 89.5 Å². The fourth-order valence-corrected chi connectivity index (χ4v) is 4.43. The molecule has 0 unspecified atom stereocenters. The average Bonchev–Trinajstić information content (AvgIpc) is 2.90. The van der Waals surface area contributed by atoms with E-state index in [1.54, 1.807) is 14.2 Å². The van der Waals surface area contributed by atoms with Crippen LogP contribution in [0, 0.1) is 6.92 Å². The molecule has 0 aliphatic heterocycles. The lowest BCUT2D eigenvalue weighted by atomic mass is 9.86. The molecule has 0 radical (unpaired) electrons. The van der Waals surface area contributed by atoms with Crippen molar-refractivity contribution in [2.24, 2.45) is 0 Å². The van der Waals surface area contributed by atoms with Crippen LogP contribution in [0.4, 0.5) is 16.2 Å². The fraction of sp³-hybridized carbons (Fsp3) is 0.281. The molecule has 6 nitrogen and oxygen atoms in total. The Morgan fingerprint density at radius 1 is 0.789 bits per heavy atom. The van der Waals surface area contributed by atoms with Crippen LogP contribution in [0.5, 0.6) is 17.2 Å². The third-order valence-electron chi connectivity index (χ3n) is 6.60. The molecule has 2 amide bonds. The molecule has 0 atom stereocenters. The van der Waals surface area contributed by atoms with Crippen molar-refractivity contribution in [1.29, 1.82) is 0 Å². The molecule has 0 saturated heterocycles. The van der Waals surface area contributed by atoms with Gasteiger partial charge in [-0.3, -0.25) is 0 Å². The molecule has 2 N–H and O–H groups in total. The highest BCUT2D eigenvalue weighted by atomic mass is 16.5. The van der Waals surface area contributed by atoms with Crippen molar-refractivity contribution in [3.8, 4) is 17.2 Å². The van der Waals surface area contributed by atoms with Gasteiger partial charge in [0.15, 0.2) is 11.5 Å². The number of benzene rings is 4. The molecule has 0 spiro atoms. The van der Waals surface area contributed by atoms with Gasteiger partial charge in [0.05, 0.1) is 26.5 Å². The number of carbonyl (C=O) groups excluding carboxylic acids is 1. The van der Waals surface area contributed by atoms with Crippen LogP contribution in [0.15, 0.2) is 72.8 Å². The molecule has 0 aliphatic carbocycles. The van der Waals surface area contributed by atoms with E-state index < -0.39 is 0 Å². The second-order valence-corrected chi connectivity index (χ2v) is 10.3. The normalized spacial score (nSPS) is 11.2. The van der Waals surface area contributed by atoms with Crippen LogP contribution in [0.25, 0.3) is 10.8 Å². The van der Waals surface area contributed by atoms with E-state index >= 15 is 0 Å². The van der Waals surface area contributed by atoms with E-state index in [-0.39, 0.29) is 11.4 Å². The van der Waals surface area contributed by atoms with Gasteiger partial charge in [-0.2, -0.15) is 0 Å². The number of hydrogen-bond acceptors (Lipinski definition) is 4. The van der Waals surface area contributed by atoms with Gasteiger partial charge >= 0.3 is 6.03 Å². The predicted octanol–water partition coefficient (Wildman–Crippen LogP) is 7.73. The Hall–Kier alpha value is -4.19. The summed E-state index contributed by atoms with van der Waals surface area (Å²) in [7, 11) is 3.27. The first-order valence-corrected chi connectivity index (χ1v) is 12.7. The number of fused-ring (bicyclic) bond motifs is 1. The Labute approximate surface area is 224 Å². The van der Waals surface area contributed by atoms with Crippen molar-refractivity contribution in [3.63, 3.8) is 0 Å². The molecule has 38 heavy (non-hydrogen) atoms. The SMILES string of the molecule is COc1cccc(CCOc2ccc(NC(=O)Nc3cc(C(C)(C)C)ccc3C)c3ccccc23)c1OC. The molecule has 0 fully saturated rings. The first kappa shape index (κ1) is 26.9. The van der Waals surface area contributed by atoms with Gasteiger partial charge in [0.2, 0.25) is 0 Å². The zero-order chi connectivity index (χ0) is 27.3. The molecule has 4 aromatic rings. The lowest BCUT2D eigenvalue weighted by molar-refractivity contribution is 0.262. The zero-order valence-electron chi connectivity index (χ0n) is 23.0. The van der Waals surface area contributed by atoms with Gasteiger partial charge in [-0.25, -0.2) is 4.79 Å². The molecule has 4 aromatic carbocycles. The number of nitrogens with one attached hydrogen (secondary N) is 2. The standard InChI is InChI=1S/C32H36N2O4/c1-21-14-15-23(32(2,3)4)20-27(21)34-31(35)33-26-16-17-28(25-12-8-7-11-24(25)26)38-19-18-22-10-9-13-29(36-5)30(22)37-6/h7-17,20H,18-19H2,1-6H3,(H2,33,34,35). The summed E-state index contributed by atoms with van der Waals surface area (Å²) in [5.74, 6) is 2.17. The summed E-state index contributed by atoms with van der Waals surface area (Å²) in [5, 5.41) is 7.87. The second kappa shape index (κ2) is 11.5. The smallest absolute Gasteiger partial charge is 0.323 e. The summed E-state index contributed by atoms with van der Waals surface area (Å²) in [5.41, 5.74) is 4.68. The number of ether oxygens (including phenoxy) is 3. The van der Waals surface area contributed by atoms with E-state index in [0.29, 0.717) is 24.5 Å². The van der Waals surface area contributed by atoms with Crippen LogP contribution in [0.1, 0.15) is 37.5 Å². The lowest BCUT2D eigenvalue weighted by Crippen LogP contribution is -2.21. The summed E-state index contributed by atoms with van der Waals surface area (Å²) in [6.07, 6.45) is 0.657. The average molecular weight is 513 g/mol. The van der Waals surface area contributed by atoms with Crippen molar-refractivity contribution in [2.45, 2.75) is 39.5 Å². The topological polar surface area (TPSA) is 68.8 Å². The molecular formula is C32H36N2O4. The van der Waals surface area contributed by atoms with Crippen molar-refractivity contribution in [2.75, 3.05) is 31.5 Å². The molecule has 6 heteroatoms.